The van der Waals surface area contributed by atoms with Crippen molar-refractivity contribution in [2.75, 3.05) is 45.3 Å². The fourth-order valence-electron chi connectivity index (χ4n) is 3.57. The Kier molecular flexibility index (Phi) is 7.87. The van der Waals surface area contributed by atoms with Crippen molar-refractivity contribution in [3.8, 4) is 23.0 Å². The number of methoxy groups -OCH3 is 1. The molecule has 0 bridgehead atoms. The summed E-state index contributed by atoms with van der Waals surface area (Å²) < 4.78 is 23.1. The fourth-order valence-corrected chi connectivity index (χ4v) is 4.38. The first-order valence-corrected chi connectivity index (χ1v) is 12.2. The van der Waals surface area contributed by atoms with E-state index >= 15 is 0 Å². The molecule has 2 aromatic carbocycles. The lowest BCUT2D eigenvalue weighted by Gasteiger charge is -2.24. The number of carbonyl (C=O) groups excluding carboxylic acids is 1. The van der Waals surface area contributed by atoms with Crippen molar-refractivity contribution in [1.82, 2.24) is 9.88 Å². The Hall–Kier alpha value is -3.30. The van der Waals surface area contributed by atoms with Crippen LogP contribution in [0.5, 0.6) is 23.0 Å². The zero-order valence-electron chi connectivity index (χ0n) is 19.6. The van der Waals surface area contributed by atoms with Crippen LogP contribution in [0.2, 0.25) is 0 Å². The summed E-state index contributed by atoms with van der Waals surface area (Å²) in [6.45, 7) is 7.86. The molecule has 180 valence electrons. The molecular weight excluding hydrogens is 454 g/mol. The van der Waals surface area contributed by atoms with Gasteiger partial charge < -0.3 is 29.2 Å². The van der Waals surface area contributed by atoms with Crippen LogP contribution in [0.15, 0.2) is 47.8 Å². The Morgan fingerprint density at radius 3 is 2.74 bits per heavy atom. The topological polar surface area (TPSA) is 82.2 Å². The van der Waals surface area contributed by atoms with Crippen LogP contribution in [0.25, 0.3) is 0 Å². The first-order valence-electron chi connectivity index (χ1n) is 11.3. The number of aromatic nitrogens is 1. The third-order valence-corrected chi connectivity index (χ3v) is 6.46. The van der Waals surface area contributed by atoms with Crippen molar-refractivity contribution in [2.24, 2.45) is 0 Å². The van der Waals surface area contributed by atoms with Gasteiger partial charge in [-0.25, -0.2) is 4.98 Å². The maximum atomic E-state index is 12.8. The molecule has 3 aromatic rings. The molecule has 1 amide bonds. The smallest absolute Gasteiger partial charge is 0.275 e. The van der Waals surface area contributed by atoms with E-state index in [2.05, 4.69) is 29.0 Å². The van der Waals surface area contributed by atoms with Gasteiger partial charge in [-0.3, -0.25) is 4.79 Å². The number of hydrogen-bond donors (Lipinski definition) is 1. The number of nitrogens with one attached hydrogen (secondary N) is 1. The fraction of sp³-hybridized carbons (Fsp3) is 0.360. The Labute approximate surface area is 203 Å². The summed E-state index contributed by atoms with van der Waals surface area (Å²) in [5.74, 6) is 2.27. The van der Waals surface area contributed by atoms with Gasteiger partial charge in [-0.1, -0.05) is 26.0 Å². The van der Waals surface area contributed by atoms with Crippen LogP contribution in [0.4, 0.5) is 5.69 Å². The van der Waals surface area contributed by atoms with Gasteiger partial charge in [0.15, 0.2) is 29.1 Å². The van der Waals surface area contributed by atoms with E-state index in [0.717, 1.165) is 19.6 Å². The molecule has 8 nitrogen and oxygen atoms in total. The molecule has 0 aliphatic carbocycles. The molecule has 1 aromatic heterocycles. The van der Waals surface area contributed by atoms with Crippen LogP contribution >= 0.6 is 11.3 Å². The van der Waals surface area contributed by atoms with Gasteiger partial charge >= 0.3 is 0 Å². The highest BCUT2D eigenvalue weighted by Gasteiger charge is 2.26. The lowest BCUT2D eigenvalue weighted by molar-refractivity contribution is 0.0906. The monoisotopic (exact) mass is 483 g/mol. The Morgan fingerprint density at radius 2 is 1.97 bits per heavy atom. The Balaban J connectivity index is 1.39. The first kappa shape index (κ1) is 23.8. The molecule has 0 radical (unpaired) electrons. The number of thiazole rings is 1. The van der Waals surface area contributed by atoms with Gasteiger partial charge in [0.25, 0.3) is 5.91 Å². The molecule has 34 heavy (non-hydrogen) atoms. The summed E-state index contributed by atoms with van der Waals surface area (Å²) in [7, 11) is 1.59. The summed E-state index contributed by atoms with van der Waals surface area (Å²) in [5.41, 5.74) is 0.923. The normalized spacial score (nSPS) is 14.6. The van der Waals surface area contributed by atoms with E-state index in [4.69, 9.17) is 18.9 Å². The predicted octanol–water partition coefficient (Wildman–Crippen LogP) is 4.64. The molecule has 0 saturated carbocycles. The number of rotatable bonds is 10. The highest BCUT2D eigenvalue weighted by atomic mass is 32.1. The van der Waals surface area contributed by atoms with E-state index < -0.39 is 0 Å². The lowest BCUT2D eigenvalue weighted by atomic mass is 10.2. The molecule has 1 unspecified atom stereocenters. The summed E-state index contributed by atoms with van der Waals surface area (Å²) >= 11 is 1.37. The summed E-state index contributed by atoms with van der Waals surface area (Å²) in [6.07, 6.45) is -0.353. The number of para-hydroxylation sites is 2. The molecule has 0 fully saturated rings. The van der Waals surface area contributed by atoms with Gasteiger partial charge in [-0.15, -0.1) is 11.3 Å². The average molecular weight is 484 g/mol. The van der Waals surface area contributed by atoms with Crippen LogP contribution in [0.3, 0.4) is 0 Å². The van der Waals surface area contributed by atoms with Gasteiger partial charge in [-0.05, 0) is 37.4 Å². The van der Waals surface area contributed by atoms with Gasteiger partial charge in [0.05, 0.1) is 7.11 Å². The molecule has 4 rings (SSSR count). The molecule has 1 aliphatic rings. The number of nitrogens with zero attached hydrogens (tertiary/aromatic N) is 2. The van der Waals surface area contributed by atoms with Gasteiger partial charge in [-0.2, -0.15) is 0 Å². The standard InChI is InChI=1S/C25H29N3O5S/c1-4-28(5-2)12-13-31-22-14-17(10-11-19(22)30-3)26-24(29)18-16-34-25(27-18)23-15-32-20-8-6-7-9-21(20)33-23/h6-11,14,16,23H,4-5,12-13,15H2,1-3H3,(H,26,29). The van der Waals surface area contributed by atoms with E-state index in [1.165, 1.54) is 11.3 Å². The number of ether oxygens (including phenoxy) is 4. The molecule has 1 aliphatic heterocycles. The molecule has 2 heterocycles. The summed E-state index contributed by atoms with van der Waals surface area (Å²) in [5, 5.41) is 5.30. The summed E-state index contributed by atoms with van der Waals surface area (Å²) in [6, 6.07) is 12.8. The van der Waals surface area contributed by atoms with Gasteiger partial charge in [0, 0.05) is 23.7 Å². The minimum Gasteiger partial charge on any atom is -0.493 e. The van der Waals surface area contributed by atoms with Crippen molar-refractivity contribution in [2.45, 2.75) is 20.0 Å². The predicted molar refractivity (Wildman–Crippen MR) is 132 cm³/mol. The van der Waals surface area contributed by atoms with Crippen molar-refractivity contribution in [3.63, 3.8) is 0 Å². The molecule has 1 N–H and O–H groups in total. The van der Waals surface area contributed by atoms with E-state index in [-0.39, 0.29) is 12.0 Å². The van der Waals surface area contributed by atoms with Crippen molar-refractivity contribution in [3.05, 3.63) is 58.5 Å². The van der Waals surface area contributed by atoms with Crippen LogP contribution in [-0.4, -0.2) is 55.7 Å². The highest BCUT2D eigenvalue weighted by molar-refractivity contribution is 7.09. The zero-order chi connectivity index (χ0) is 23.9. The number of hydrogen-bond acceptors (Lipinski definition) is 8. The largest absolute Gasteiger partial charge is 0.493 e. The number of benzene rings is 2. The maximum Gasteiger partial charge on any atom is 0.275 e. The van der Waals surface area contributed by atoms with Crippen molar-refractivity contribution < 1.29 is 23.7 Å². The van der Waals surface area contributed by atoms with Crippen molar-refractivity contribution >= 4 is 22.9 Å². The quantitative estimate of drug-likeness (QED) is 0.450. The van der Waals surface area contributed by atoms with Gasteiger partial charge in [0.2, 0.25) is 0 Å². The third-order valence-electron chi connectivity index (χ3n) is 5.52. The minimum absolute atomic E-state index is 0.307. The number of likely N-dealkylation sites (N-methyl/N-ethyl adjacent to an activating group) is 1. The van der Waals surface area contributed by atoms with E-state index in [1.807, 2.05) is 24.3 Å². The third kappa shape index (κ3) is 5.60. The maximum absolute atomic E-state index is 12.8. The van der Waals surface area contributed by atoms with Crippen molar-refractivity contribution in [1.29, 1.82) is 0 Å². The average Bonchev–Trinajstić information content (AvgIpc) is 3.37. The molecular formula is C25H29N3O5S. The molecule has 0 saturated heterocycles. The lowest BCUT2D eigenvalue weighted by Crippen LogP contribution is -2.28. The molecule has 1 atom stereocenters. The Bertz CT molecular complexity index is 1120. The Morgan fingerprint density at radius 1 is 1.18 bits per heavy atom. The number of carbonyl (C=O) groups is 1. The SMILES string of the molecule is CCN(CC)CCOc1cc(NC(=O)c2csc(C3COc4ccccc4O3)n2)ccc1OC. The second-order valence-corrected chi connectivity index (χ2v) is 8.52. The number of amides is 1. The molecule has 0 spiro atoms. The van der Waals surface area contributed by atoms with Crippen LogP contribution in [0, 0.1) is 0 Å². The summed E-state index contributed by atoms with van der Waals surface area (Å²) in [4.78, 5) is 19.6. The first-order chi connectivity index (χ1) is 16.6. The van der Waals surface area contributed by atoms with Gasteiger partial charge in [0.1, 0.15) is 23.9 Å². The second-order valence-electron chi connectivity index (χ2n) is 7.63. The minimum atomic E-state index is -0.353. The highest BCUT2D eigenvalue weighted by Crippen LogP contribution is 2.36. The van der Waals surface area contributed by atoms with E-state index in [0.29, 0.717) is 52.6 Å². The van der Waals surface area contributed by atoms with Crippen LogP contribution in [0.1, 0.15) is 35.4 Å². The number of fused-ring (bicyclic) bond motifs is 1. The van der Waals surface area contributed by atoms with E-state index in [1.54, 1.807) is 30.7 Å². The second kappa shape index (κ2) is 11.2. The zero-order valence-corrected chi connectivity index (χ0v) is 20.4. The van der Waals surface area contributed by atoms with Crippen LogP contribution < -0.4 is 24.3 Å². The number of anilines is 1. The molecule has 9 heteroatoms. The van der Waals surface area contributed by atoms with Crippen LogP contribution in [-0.2, 0) is 0 Å². The van der Waals surface area contributed by atoms with E-state index in [9.17, 15) is 4.79 Å².